The second-order valence-corrected chi connectivity index (χ2v) is 3.84. The van der Waals surface area contributed by atoms with Gasteiger partial charge in [-0.2, -0.15) is 5.26 Å². The van der Waals surface area contributed by atoms with Crippen molar-refractivity contribution in [1.82, 2.24) is 5.32 Å². The van der Waals surface area contributed by atoms with Gasteiger partial charge in [0.25, 0.3) is 5.91 Å². The molecule has 0 fully saturated rings. The smallest absolute Gasteiger partial charge is 0.326 e. The van der Waals surface area contributed by atoms with Crippen LogP contribution in [0, 0.1) is 11.3 Å². The van der Waals surface area contributed by atoms with Crippen molar-refractivity contribution in [3.05, 3.63) is 34.3 Å². The normalized spacial score (nSPS) is 9.18. The minimum absolute atomic E-state index is 0.262. The lowest BCUT2D eigenvalue weighted by atomic mass is 10.2. The summed E-state index contributed by atoms with van der Waals surface area (Å²) in [5, 5.41) is 10.6. The molecule has 88 valence electrons. The predicted octanol–water partition coefficient (Wildman–Crippen LogP) is 1.25. The summed E-state index contributed by atoms with van der Waals surface area (Å²) >= 11 is 3.23. The topological polar surface area (TPSA) is 79.2 Å². The van der Waals surface area contributed by atoms with E-state index in [4.69, 9.17) is 5.26 Å². The number of nitrogens with zero attached hydrogens (tertiary/aromatic N) is 1. The summed E-state index contributed by atoms with van der Waals surface area (Å²) < 4.78 is 5.12. The molecular formula is C11H9BrN2O3. The Hall–Kier alpha value is -1.87. The van der Waals surface area contributed by atoms with Crippen molar-refractivity contribution in [2.75, 3.05) is 13.2 Å². The van der Waals surface area contributed by atoms with Crippen LogP contribution < -0.4 is 5.32 Å². The molecule has 1 amide bonds. The summed E-state index contributed by atoms with van der Waals surface area (Å²) in [6.45, 7) is -0.578. The van der Waals surface area contributed by atoms with Crippen molar-refractivity contribution < 1.29 is 14.3 Å². The van der Waals surface area contributed by atoms with Crippen LogP contribution in [0.25, 0.3) is 0 Å². The predicted molar refractivity (Wildman–Crippen MR) is 63.0 cm³/mol. The molecule has 1 aromatic rings. The van der Waals surface area contributed by atoms with Crippen molar-refractivity contribution in [1.29, 1.82) is 5.26 Å². The van der Waals surface area contributed by atoms with Crippen molar-refractivity contribution in [3.8, 4) is 6.07 Å². The summed E-state index contributed by atoms with van der Waals surface area (Å²) in [5.74, 6) is -1.03. The lowest BCUT2D eigenvalue weighted by Gasteiger charge is -2.05. The number of nitrogens with one attached hydrogen (secondary N) is 1. The van der Waals surface area contributed by atoms with E-state index in [0.29, 0.717) is 10.0 Å². The highest BCUT2D eigenvalue weighted by atomic mass is 79.9. The van der Waals surface area contributed by atoms with Crippen LogP contribution in [0.4, 0.5) is 0 Å². The van der Waals surface area contributed by atoms with Gasteiger partial charge in [0, 0.05) is 4.47 Å². The van der Waals surface area contributed by atoms with E-state index in [-0.39, 0.29) is 19.1 Å². The van der Waals surface area contributed by atoms with Crippen LogP contribution >= 0.6 is 15.9 Å². The number of hydrogen-bond donors (Lipinski definition) is 1. The van der Waals surface area contributed by atoms with Crippen molar-refractivity contribution in [2.45, 2.75) is 0 Å². The first-order valence-corrected chi connectivity index (χ1v) is 5.49. The van der Waals surface area contributed by atoms with Gasteiger partial charge in [0.1, 0.15) is 12.6 Å². The van der Waals surface area contributed by atoms with Gasteiger partial charge in [0.15, 0.2) is 6.61 Å². The minimum atomic E-state index is -0.646. The monoisotopic (exact) mass is 296 g/mol. The first-order valence-electron chi connectivity index (χ1n) is 4.70. The summed E-state index contributed by atoms with van der Waals surface area (Å²) in [4.78, 5) is 22.7. The number of amides is 1. The molecule has 0 bridgehead atoms. The zero-order valence-corrected chi connectivity index (χ0v) is 10.4. The molecule has 0 heterocycles. The number of ether oxygens (including phenoxy) is 1. The fourth-order valence-electron chi connectivity index (χ4n) is 1.06. The van der Waals surface area contributed by atoms with Gasteiger partial charge in [-0.1, -0.05) is 12.1 Å². The minimum Gasteiger partial charge on any atom is -0.449 e. The molecule has 6 heteroatoms. The molecule has 0 aliphatic carbocycles. The van der Waals surface area contributed by atoms with E-state index in [2.05, 4.69) is 26.0 Å². The quantitative estimate of drug-likeness (QED) is 0.848. The molecule has 0 atom stereocenters. The van der Waals surface area contributed by atoms with E-state index >= 15 is 0 Å². The molecule has 1 N–H and O–H groups in total. The lowest BCUT2D eigenvalue weighted by Crippen LogP contribution is -2.30. The molecule has 1 rings (SSSR count). The Morgan fingerprint density at radius 3 is 2.76 bits per heavy atom. The fraction of sp³-hybridized carbons (Fsp3) is 0.182. The van der Waals surface area contributed by atoms with E-state index in [1.54, 1.807) is 30.3 Å². The Morgan fingerprint density at radius 1 is 1.41 bits per heavy atom. The van der Waals surface area contributed by atoms with Gasteiger partial charge in [-0.25, -0.2) is 0 Å². The highest BCUT2D eigenvalue weighted by Gasteiger charge is 2.10. The van der Waals surface area contributed by atoms with E-state index in [0.717, 1.165) is 0 Å². The number of halogens is 1. The van der Waals surface area contributed by atoms with Gasteiger partial charge in [-0.3, -0.25) is 9.59 Å². The van der Waals surface area contributed by atoms with Crippen LogP contribution in [0.5, 0.6) is 0 Å². The van der Waals surface area contributed by atoms with E-state index in [1.165, 1.54) is 0 Å². The summed E-state index contributed by atoms with van der Waals surface area (Å²) in [7, 11) is 0. The summed E-state index contributed by atoms with van der Waals surface area (Å²) in [5.41, 5.74) is 0.431. The maximum Gasteiger partial charge on any atom is 0.326 e. The van der Waals surface area contributed by atoms with Crippen molar-refractivity contribution in [2.24, 2.45) is 0 Å². The molecule has 0 radical (unpaired) electrons. The lowest BCUT2D eigenvalue weighted by molar-refractivity contribution is -0.140. The van der Waals surface area contributed by atoms with Crippen LogP contribution in [0.3, 0.4) is 0 Å². The standard InChI is InChI=1S/C11H9BrN2O3/c12-9-4-2-1-3-8(9)11(16)14-7-10(15)17-6-5-13/h1-4H,6-7H2,(H,14,16). The molecule has 0 aliphatic rings. The fourth-order valence-corrected chi connectivity index (χ4v) is 1.52. The molecular weight excluding hydrogens is 288 g/mol. The number of carbonyl (C=O) groups excluding carboxylic acids is 2. The SMILES string of the molecule is N#CCOC(=O)CNC(=O)c1ccccc1Br. The van der Waals surface area contributed by atoms with Gasteiger partial charge < -0.3 is 10.1 Å². The Morgan fingerprint density at radius 2 is 2.12 bits per heavy atom. The van der Waals surface area contributed by atoms with Crippen LogP contribution in [0.2, 0.25) is 0 Å². The van der Waals surface area contributed by atoms with E-state index in [1.807, 2.05) is 0 Å². The third-order valence-electron chi connectivity index (χ3n) is 1.81. The third-order valence-corrected chi connectivity index (χ3v) is 2.50. The first kappa shape index (κ1) is 13.2. The highest BCUT2D eigenvalue weighted by Crippen LogP contribution is 2.15. The third kappa shape index (κ3) is 4.25. The molecule has 5 nitrogen and oxygen atoms in total. The number of rotatable bonds is 4. The Kier molecular flexibility index (Phi) is 5.17. The highest BCUT2D eigenvalue weighted by molar-refractivity contribution is 9.10. The number of nitriles is 1. The number of carbonyl (C=O) groups is 2. The van der Waals surface area contributed by atoms with Crippen molar-refractivity contribution in [3.63, 3.8) is 0 Å². The van der Waals surface area contributed by atoms with Crippen LogP contribution in [-0.4, -0.2) is 25.0 Å². The van der Waals surface area contributed by atoms with Crippen molar-refractivity contribution >= 4 is 27.8 Å². The van der Waals surface area contributed by atoms with Gasteiger partial charge in [0.2, 0.25) is 0 Å². The van der Waals surface area contributed by atoms with Crippen LogP contribution in [0.1, 0.15) is 10.4 Å². The maximum absolute atomic E-state index is 11.6. The first-order chi connectivity index (χ1) is 8.15. The number of esters is 1. The molecule has 0 unspecified atom stereocenters. The second kappa shape index (κ2) is 6.66. The van der Waals surface area contributed by atoms with Gasteiger partial charge in [-0.15, -0.1) is 0 Å². The Labute approximate surface area is 107 Å². The van der Waals surface area contributed by atoms with Gasteiger partial charge >= 0.3 is 5.97 Å². The molecule has 0 aromatic heterocycles. The van der Waals surface area contributed by atoms with E-state index < -0.39 is 5.97 Å². The molecule has 17 heavy (non-hydrogen) atoms. The van der Waals surface area contributed by atoms with E-state index in [9.17, 15) is 9.59 Å². The summed E-state index contributed by atoms with van der Waals surface area (Å²) in [6.07, 6.45) is 0. The Balaban J connectivity index is 2.49. The molecule has 0 saturated heterocycles. The molecule has 0 aliphatic heterocycles. The summed E-state index contributed by atoms with van der Waals surface area (Å²) in [6, 6.07) is 8.51. The second-order valence-electron chi connectivity index (χ2n) is 2.98. The molecule has 0 saturated carbocycles. The number of hydrogen-bond acceptors (Lipinski definition) is 4. The van der Waals surface area contributed by atoms with Gasteiger partial charge in [0.05, 0.1) is 5.56 Å². The van der Waals surface area contributed by atoms with Crippen LogP contribution in [0.15, 0.2) is 28.7 Å². The Bertz CT molecular complexity index is 468. The van der Waals surface area contributed by atoms with Crippen LogP contribution in [-0.2, 0) is 9.53 Å². The average molecular weight is 297 g/mol. The number of benzene rings is 1. The zero-order chi connectivity index (χ0) is 12.7. The average Bonchev–Trinajstić information content (AvgIpc) is 2.34. The maximum atomic E-state index is 11.6. The zero-order valence-electron chi connectivity index (χ0n) is 8.77. The largest absolute Gasteiger partial charge is 0.449 e. The van der Waals surface area contributed by atoms with Gasteiger partial charge in [-0.05, 0) is 28.1 Å². The molecule has 1 aromatic carbocycles. The molecule has 0 spiro atoms.